The molecule has 20 heavy (non-hydrogen) atoms. The molecule has 1 aromatic carbocycles. The molecule has 1 amide bonds. The number of nitrogens with one attached hydrogen (secondary N) is 1. The molecule has 0 aromatic heterocycles. The Morgan fingerprint density at radius 2 is 1.95 bits per heavy atom. The molecule has 3 nitrogen and oxygen atoms in total. The summed E-state index contributed by atoms with van der Waals surface area (Å²) in [5, 5.41) is 3.15. The molecule has 0 bridgehead atoms. The van der Waals surface area contributed by atoms with Gasteiger partial charge in [0.05, 0.1) is 0 Å². The van der Waals surface area contributed by atoms with E-state index < -0.39 is 0 Å². The van der Waals surface area contributed by atoms with Crippen molar-refractivity contribution in [3.05, 3.63) is 30.3 Å². The third kappa shape index (κ3) is 3.99. The van der Waals surface area contributed by atoms with Gasteiger partial charge in [0, 0.05) is 30.7 Å². The number of hydrogen-bond donors (Lipinski definition) is 1. The first-order valence-corrected chi connectivity index (χ1v) is 7.81. The zero-order valence-electron chi connectivity index (χ0n) is 12.6. The van der Waals surface area contributed by atoms with E-state index in [4.69, 9.17) is 0 Å². The summed E-state index contributed by atoms with van der Waals surface area (Å²) in [5.74, 6) is 0.438. The number of anilines is 1. The Hall–Kier alpha value is -1.51. The molecule has 110 valence electrons. The molecule has 1 saturated heterocycles. The molecule has 1 aliphatic rings. The molecular formula is C17H26N2O. The van der Waals surface area contributed by atoms with E-state index in [0.717, 1.165) is 38.8 Å². The van der Waals surface area contributed by atoms with Gasteiger partial charge in [0.15, 0.2) is 0 Å². The van der Waals surface area contributed by atoms with Gasteiger partial charge in [0.1, 0.15) is 0 Å². The van der Waals surface area contributed by atoms with Crippen LogP contribution in [0.15, 0.2) is 30.3 Å². The molecule has 2 rings (SSSR count). The molecule has 0 radical (unpaired) electrons. The quantitative estimate of drug-likeness (QED) is 0.894. The molecule has 1 aromatic rings. The van der Waals surface area contributed by atoms with Gasteiger partial charge in [-0.15, -0.1) is 0 Å². The molecule has 1 N–H and O–H groups in total. The maximum absolute atomic E-state index is 12.2. The molecular weight excluding hydrogens is 248 g/mol. The van der Waals surface area contributed by atoms with Crippen LogP contribution in [0.2, 0.25) is 0 Å². The van der Waals surface area contributed by atoms with E-state index in [0.29, 0.717) is 6.04 Å². The second kappa shape index (κ2) is 7.32. The minimum Gasteiger partial charge on any atom is -0.371 e. The van der Waals surface area contributed by atoms with Crippen LogP contribution in [0.4, 0.5) is 5.69 Å². The Balaban J connectivity index is 1.80. The van der Waals surface area contributed by atoms with Crippen molar-refractivity contribution in [3.63, 3.8) is 0 Å². The Bertz CT molecular complexity index is 410. The molecule has 1 heterocycles. The van der Waals surface area contributed by atoms with E-state index in [1.165, 1.54) is 5.69 Å². The van der Waals surface area contributed by atoms with E-state index in [2.05, 4.69) is 48.3 Å². The number of piperidine rings is 1. The zero-order chi connectivity index (χ0) is 14.4. The molecule has 0 spiro atoms. The fourth-order valence-electron chi connectivity index (χ4n) is 2.90. The number of rotatable bonds is 5. The van der Waals surface area contributed by atoms with Gasteiger partial charge in [-0.25, -0.2) is 0 Å². The Morgan fingerprint density at radius 1 is 1.30 bits per heavy atom. The average molecular weight is 274 g/mol. The number of hydrogen-bond acceptors (Lipinski definition) is 2. The van der Waals surface area contributed by atoms with E-state index in [9.17, 15) is 4.79 Å². The molecule has 1 aliphatic heterocycles. The number of benzene rings is 1. The lowest BCUT2D eigenvalue weighted by Gasteiger charge is -2.33. The van der Waals surface area contributed by atoms with Gasteiger partial charge in [-0.3, -0.25) is 4.79 Å². The monoisotopic (exact) mass is 274 g/mol. The summed E-state index contributed by atoms with van der Waals surface area (Å²) in [6.45, 7) is 6.20. The zero-order valence-corrected chi connectivity index (χ0v) is 12.6. The van der Waals surface area contributed by atoms with Crippen molar-refractivity contribution in [2.75, 3.05) is 18.0 Å². The van der Waals surface area contributed by atoms with Gasteiger partial charge in [0.25, 0.3) is 0 Å². The summed E-state index contributed by atoms with van der Waals surface area (Å²) in [4.78, 5) is 14.6. The Kier molecular flexibility index (Phi) is 5.45. The molecule has 1 unspecified atom stereocenters. The topological polar surface area (TPSA) is 32.3 Å². The first-order valence-electron chi connectivity index (χ1n) is 7.81. The molecule has 0 saturated carbocycles. The van der Waals surface area contributed by atoms with E-state index in [1.807, 2.05) is 6.07 Å². The molecule has 0 aliphatic carbocycles. The van der Waals surface area contributed by atoms with Crippen LogP contribution in [0.5, 0.6) is 0 Å². The highest BCUT2D eigenvalue weighted by Crippen LogP contribution is 2.23. The van der Waals surface area contributed by atoms with Gasteiger partial charge >= 0.3 is 0 Å². The second-order valence-electron chi connectivity index (χ2n) is 5.80. The summed E-state index contributed by atoms with van der Waals surface area (Å²) in [6, 6.07) is 10.8. The third-order valence-corrected chi connectivity index (χ3v) is 4.10. The lowest BCUT2D eigenvalue weighted by atomic mass is 9.95. The van der Waals surface area contributed by atoms with Crippen molar-refractivity contribution < 1.29 is 4.79 Å². The second-order valence-corrected chi connectivity index (χ2v) is 5.80. The number of para-hydroxylation sites is 1. The highest BCUT2D eigenvalue weighted by atomic mass is 16.1. The van der Waals surface area contributed by atoms with Gasteiger partial charge in [-0.2, -0.15) is 0 Å². The first kappa shape index (κ1) is 14.9. The fourth-order valence-corrected chi connectivity index (χ4v) is 2.90. The summed E-state index contributed by atoms with van der Waals surface area (Å²) in [6.07, 6.45) is 4.10. The van der Waals surface area contributed by atoms with E-state index in [-0.39, 0.29) is 11.8 Å². The molecule has 3 heteroatoms. The highest BCUT2D eigenvalue weighted by Gasteiger charge is 2.25. The minimum absolute atomic E-state index is 0.189. The predicted octanol–water partition coefficient (Wildman–Crippen LogP) is 3.21. The maximum Gasteiger partial charge on any atom is 0.223 e. The number of nitrogens with zero attached hydrogens (tertiary/aromatic N) is 1. The Labute approximate surface area is 122 Å². The van der Waals surface area contributed by atoms with Gasteiger partial charge in [0.2, 0.25) is 5.91 Å². The van der Waals surface area contributed by atoms with Crippen LogP contribution in [0, 0.1) is 5.92 Å². The van der Waals surface area contributed by atoms with E-state index >= 15 is 0 Å². The SMILES string of the molecule is CCCC(C)NC(=O)C1CCN(c2ccccc2)CC1. The van der Waals surface area contributed by atoms with Crippen molar-refractivity contribution in [3.8, 4) is 0 Å². The lowest BCUT2D eigenvalue weighted by Crippen LogP contribution is -2.43. The van der Waals surface area contributed by atoms with Crippen LogP contribution in [0.3, 0.4) is 0 Å². The average Bonchev–Trinajstić information content (AvgIpc) is 2.48. The number of carbonyl (C=O) groups is 1. The number of carbonyl (C=O) groups excluding carboxylic acids is 1. The minimum atomic E-state index is 0.189. The standard InChI is InChI=1S/C17H26N2O/c1-3-7-14(2)18-17(20)15-10-12-19(13-11-15)16-8-5-4-6-9-16/h4-6,8-9,14-15H,3,7,10-13H2,1-2H3,(H,18,20). The highest BCUT2D eigenvalue weighted by molar-refractivity contribution is 5.79. The van der Waals surface area contributed by atoms with Gasteiger partial charge < -0.3 is 10.2 Å². The Morgan fingerprint density at radius 3 is 2.55 bits per heavy atom. The van der Waals surface area contributed by atoms with Crippen molar-refractivity contribution in [1.82, 2.24) is 5.32 Å². The van der Waals surface area contributed by atoms with Crippen molar-refractivity contribution in [1.29, 1.82) is 0 Å². The molecule has 1 atom stereocenters. The van der Waals surface area contributed by atoms with Gasteiger partial charge in [-0.05, 0) is 38.3 Å². The van der Waals surface area contributed by atoms with Crippen LogP contribution in [0.1, 0.15) is 39.5 Å². The fraction of sp³-hybridized carbons (Fsp3) is 0.588. The summed E-state index contributed by atoms with van der Waals surface area (Å²) >= 11 is 0. The largest absolute Gasteiger partial charge is 0.371 e. The van der Waals surface area contributed by atoms with Crippen molar-refractivity contribution >= 4 is 11.6 Å². The van der Waals surface area contributed by atoms with Crippen LogP contribution in [-0.2, 0) is 4.79 Å². The smallest absolute Gasteiger partial charge is 0.223 e. The van der Waals surface area contributed by atoms with Crippen LogP contribution < -0.4 is 10.2 Å². The van der Waals surface area contributed by atoms with Gasteiger partial charge in [-0.1, -0.05) is 31.5 Å². The third-order valence-electron chi connectivity index (χ3n) is 4.10. The van der Waals surface area contributed by atoms with Crippen molar-refractivity contribution in [2.45, 2.75) is 45.6 Å². The summed E-state index contributed by atoms with van der Waals surface area (Å²) in [7, 11) is 0. The number of amides is 1. The van der Waals surface area contributed by atoms with Crippen LogP contribution in [0.25, 0.3) is 0 Å². The van der Waals surface area contributed by atoms with E-state index in [1.54, 1.807) is 0 Å². The van der Waals surface area contributed by atoms with Crippen LogP contribution in [-0.4, -0.2) is 25.0 Å². The maximum atomic E-state index is 12.2. The molecule has 1 fully saturated rings. The predicted molar refractivity (Wildman–Crippen MR) is 83.9 cm³/mol. The summed E-state index contributed by atoms with van der Waals surface area (Å²) in [5.41, 5.74) is 1.27. The normalized spacial score (nSPS) is 17.8. The lowest BCUT2D eigenvalue weighted by molar-refractivity contribution is -0.126. The van der Waals surface area contributed by atoms with Crippen molar-refractivity contribution in [2.24, 2.45) is 5.92 Å². The van der Waals surface area contributed by atoms with Crippen LogP contribution >= 0.6 is 0 Å². The first-order chi connectivity index (χ1) is 9.70. The summed E-state index contributed by atoms with van der Waals surface area (Å²) < 4.78 is 0.